The summed E-state index contributed by atoms with van der Waals surface area (Å²) in [4.78, 5) is 5.21. The van der Waals surface area contributed by atoms with E-state index in [0.29, 0.717) is 0 Å². The van der Waals surface area contributed by atoms with Crippen molar-refractivity contribution < 1.29 is 0 Å². The van der Waals surface area contributed by atoms with Crippen molar-refractivity contribution in [3.8, 4) is 33.9 Å². The minimum atomic E-state index is 0.903. The van der Waals surface area contributed by atoms with E-state index in [4.69, 9.17) is 4.98 Å². The maximum Gasteiger partial charge on any atom is 0.215 e. The summed E-state index contributed by atoms with van der Waals surface area (Å²) in [6.07, 6.45) is 0. The molecule has 0 aliphatic carbocycles. The van der Waals surface area contributed by atoms with Crippen LogP contribution >= 0.6 is 0 Å². The van der Waals surface area contributed by atoms with Gasteiger partial charge in [0, 0.05) is 34.3 Å². The second kappa shape index (κ2) is 10.3. The van der Waals surface area contributed by atoms with Crippen molar-refractivity contribution >= 4 is 54.6 Å². The van der Waals surface area contributed by atoms with Crippen LogP contribution in [-0.4, -0.2) is 18.7 Å². The van der Waals surface area contributed by atoms with Gasteiger partial charge in [-0.1, -0.05) is 103 Å². The third-order valence-electron chi connectivity index (χ3n) is 9.84. The number of rotatable bonds is 4. The van der Waals surface area contributed by atoms with Gasteiger partial charge in [0.25, 0.3) is 0 Å². The minimum absolute atomic E-state index is 0.903. The highest BCUT2D eigenvalue weighted by atomic mass is 15.2. The summed E-state index contributed by atoms with van der Waals surface area (Å²) in [5, 5.41) is 4.84. The number of hydrogen-bond acceptors (Lipinski definition) is 1. The maximum atomic E-state index is 5.21. The van der Waals surface area contributed by atoms with Crippen LogP contribution < -0.4 is 0 Å². The molecule has 0 fully saturated rings. The van der Waals surface area contributed by atoms with Crippen LogP contribution in [0.15, 0.2) is 164 Å². The van der Waals surface area contributed by atoms with Gasteiger partial charge in [0.1, 0.15) is 0 Å². The van der Waals surface area contributed by atoms with E-state index in [1.807, 2.05) is 0 Å². The van der Waals surface area contributed by atoms with E-state index in [-0.39, 0.29) is 0 Å². The molecule has 10 aromatic rings. The van der Waals surface area contributed by atoms with Gasteiger partial charge in [-0.05, 0) is 82.9 Å². The molecule has 0 atom stereocenters. The monoisotopic (exact) mass is 614 g/mol. The van der Waals surface area contributed by atoms with E-state index in [1.54, 1.807) is 0 Å². The summed E-state index contributed by atoms with van der Waals surface area (Å²) in [7, 11) is 2.12. The topological polar surface area (TPSA) is 27.7 Å². The lowest BCUT2D eigenvalue weighted by molar-refractivity contribution is 0.870. The predicted octanol–water partition coefficient (Wildman–Crippen LogP) is 11.1. The highest BCUT2D eigenvalue weighted by Gasteiger charge is 2.21. The van der Waals surface area contributed by atoms with Gasteiger partial charge >= 0.3 is 0 Å². The van der Waals surface area contributed by atoms with Gasteiger partial charge in [0.05, 0.1) is 33.1 Å². The molecule has 0 spiro atoms. The van der Waals surface area contributed by atoms with Crippen LogP contribution in [-0.2, 0) is 7.05 Å². The number of para-hydroxylation sites is 3. The van der Waals surface area contributed by atoms with Gasteiger partial charge in [-0.15, -0.1) is 0 Å². The Labute approximate surface area is 277 Å². The van der Waals surface area contributed by atoms with E-state index >= 15 is 0 Å². The molecule has 0 unspecified atom stereocenters. The highest BCUT2D eigenvalue weighted by Crippen LogP contribution is 2.41. The third-order valence-corrected chi connectivity index (χ3v) is 9.84. The first kappa shape index (κ1) is 26.8. The zero-order valence-corrected chi connectivity index (χ0v) is 26.4. The fourth-order valence-electron chi connectivity index (χ4n) is 7.56. The second-order valence-corrected chi connectivity index (χ2v) is 12.5. The SMILES string of the molecule is Cn1c(-n2c3ccc(-c4ccccc4)cc3c3cc4c(cc32)c2cc(-c3ccccc3)ccc2n4-c2ccccc2)nc2ccccc21. The number of aryl methyl sites for hydroxylation is 1. The van der Waals surface area contributed by atoms with Gasteiger partial charge in [-0.3, -0.25) is 4.57 Å². The Kier molecular flexibility index (Phi) is 5.75. The van der Waals surface area contributed by atoms with Crippen molar-refractivity contribution in [1.29, 1.82) is 0 Å². The zero-order chi connectivity index (χ0) is 31.8. The lowest BCUT2D eigenvalue weighted by atomic mass is 10.0. The average Bonchev–Trinajstić information content (AvgIpc) is 3.77. The lowest BCUT2D eigenvalue weighted by Gasteiger charge is -2.09. The number of imidazole rings is 1. The molecule has 4 nitrogen and oxygen atoms in total. The molecule has 7 aromatic carbocycles. The van der Waals surface area contributed by atoms with Crippen LogP contribution in [0, 0.1) is 0 Å². The number of fused-ring (bicyclic) bond motifs is 7. The normalized spacial score (nSPS) is 11.9. The molecule has 48 heavy (non-hydrogen) atoms. The van der Waals surface area contributed by atoms with E-state index in [9.17, 15) is 0 Å². The maximum absolute atomic E-state index is 5.21. The molecule has 0 aliphatic heterocycles. The Morgan fingerprint density at radius 2 is 0.854 bits per heavy atom. The molecule has 0 N–H and O–H groups in total. The highest BCUT2D eigenvalue weighted by molar-refractivity contribution is 6.19. The number of nitrogens with zero attached hydrogens (tertiary/aromatic N) is 4. The molecule has 3 aromatic heterocycles. The van der Waals surface area contributed by atoms with Gasteiger partial charge in [-0.25, -0.2) is 4.98 Å². The van der Waals surface area contributed by atoms with Crippen molar-refractivity contribution in [3.63, 3.8) is 0 Å². The average molecular weight is 615 g/mol. The molecule has 0 aliphatic rings. The van der Waals surface area contributed by atoms with Crippen LogP contribution in [0.2, 0.25) is 0 Å². The van der Waals surface area contributed by atoms with Crippen molar-refractivity contribution in [2.75, 3.05) is 0 Å². The van der Waals surface area contributed by atoms with Crippen molar-refractivity contribution in [1.82, 2.24) is 18.7 Å². The summed E-state index contributed by atoms with van der Waals surface area (Å²) in [6.45, 7) is 0. The summed E-state index contributed by atoms with van der Waals surface area (Å²) in [6, 6.07) is 58.9. The summed E-state index contributed by atoms with van der Waals surface area (Å²) >= 11 is 0. The van der Waals surface area contributed by atoms with E-state index in [0.717, 1.165) is 33.7 Å². The quantitative estimate of drug-likeness (QED) is 0.194. The van der Waals surface area contributed by atoms with Crippen molar-refractivity contribution in [2.24, 2.45) is 7.05 Å². The lowest BCUT2D eigenvalue weighted by Crippen LogP contribution is -2.03. The molecule has 0 saturated heterocycles. The number of benzene rings is 7. The first-order chi connectivity index (χ1) is 23.7. The Balaban J connectivity index is 1.36. The fraction of sp³-hybridized carbons (Fsp3) is 0.0227. The third kappa shape index (κ3) is 3.93. The Morgan fingerprint density at radius 1 is 0.375 bits per heavy atom. The molecule has 0 bridgehead atoms. The Hall–Kier alpha value is -6.39. The molecule has 0 amide bonds. The molecule has 4 heteroatoms. The van der Waals surface area contributed by atoms with Gasteiger partial charge in [-0.2, -0.15) is 0 Å². The largest absolute Gasteiger partial charge is 0.313 e. The van der Waals surface area contributed by atoms with Crippen LogP contribution in [0.3, 0.4) is 0 Å². The number of hydrogen-bond donors (Lipinski definition) is 0. The standard InChI is InChI=1S/C44H30N4/c1-46-41-20-12-11-19-38(41)45-44(46)48-40-24-22-32(30-15-7-3-8-16-30)26-35(40)37-27-42-36(28-43(37)48)34-25-31(29-13-5-2-6-14-29)21-23-39(34)47(42)33-17-9-4-10-18-33/h2-28H,1H3. The molecule has 226 valence electrons. The minimum Gasteiger partial charge on any atom is -0.313 e. The number of aromatic nitrogens is 4. The van der Waals surface area contributed by atoms with Crippen LogP contribution in [0.25, 0.3) is 88.5 Å². The van der Waals surface area contributed by atoms with Gasteiger partial charge < -0.3 is 9.13 Å². The second-order valence-electron chi connectivity index (χ2n) is 12.5. The first-order valence-electron chi connectivity index (χ1n) is 16.4. The summed E-state index contributed by atoms with van der Waals surface area (Å²) in [5.41, 5.74) is 12.7. The molecule has 3 heterocycles. The molecule has 0 saturated carbocycles. The van der Waals surface area contributed by atoms with Gasteiger partial charge in [0.15, 0.2) is 0 Å². The molecule has 10 rings (SSSR count). The molecule has 0 radical (unpaired) electrons. The van der Waals surface area contributed by atoms with E-state index < -0.39 is 0 Å². The summed E-state index contributed by atoms with van der Waals surface area (Å²) < 4.78 is 6.98. The predicted molar refractivity (Wildman–Crippen MR) is 200 cm³/mol. The molecular formula is C44H30N4. The van der Waals surface area contributed by atoms with Crippen molar-refractivity contribution in [3.05, 3.63) is 164 Å². The Morgan fingerprint density at radius 3 is 1.44 bits per heavy atom. The zero-order valence-electron chi connectivity index (χ0n) is 26.4. The van der Waals surface area contributed by atoms with Crippen LogP contribution in [0.1, 0.15) is 0 Å². The Bertz CT molecular complexity index is 2820. The molecular weight excluding hydrogens is 585 g/mol. The van der Waals surface area contributed by atoms with Gasteiger partial charge in [0.2, 0.25) is 5.95 Å². The van der Waals surface area contributed by atoms with Crippen molar-refractivity contribution in [2.45, 2.75) is 0 Å². The smallest absolute Gasteiger partial charge is 0.215 e. The van der Waals surface area contributed by atoms with Crippen LogP contribution in [0.5, 0.6) is 0 Å². The first-order valence-corrected chi connectivity index (χ1v) is 16.4. The van der Waals surface area contributed by atoms with E-state index in [2.05, 4.69) is 185 Å². The summed E-state index contributed by atoms with van der Waals surface area (Å²) in [5.74, 6) is 0.903. The fourth-order valence-corrected chi connectivity index (χ4v) is 7.56. The van der Waals surface area contributed by atoms with Crippen LogP contribution in [0.4, 0.5) is 0 Å². The van der Waals surface area contributed by atoms with E-state index in [1.165, 1.54) is 54.8 Å².